The van der Waals surface area contributed by atoms with Gasteiger partial charge in [-0.2, -0.15) is 5.10 Å². The number of nitrogens with one attached hydrogen (secondary N) is 1. The Morgan fingerprint density at radius 3 is 2.60 bits per heavy atom. The van der Waals surface area contributed by atoms with E-state index in [9.17, 15) is 10.1 Å². The molecule has 0 spiro atoms. The predicted molar refractivity (Wildman–Crippen MR) is 77.8 cm³/mol. The van der Waals surface area contributed by atoms with Gasteiger partial charge >= 0.3 is 5.69 Å². The van der Waals surface area contributed by atoms with Crippen LogP contribution in [0.1, 0.15) is 29.8 Å². The first-order chi connectivity index (χ1) is 9.41. The van der Waals surface area contributed by atoms with Gasteiger partial charge in [-0.05, 0) is 31.9 Å². The molecule has 2 aromatic rings. The number of hydrogen-bond acceptors (Lipinski definition) is 4. The molecular formula is C14H18N4O2. The Bertz CT molecular complexity index is 649. The molecule has 0 amide bonds. The molecule has 1 aromatic heterocycles. The summed E-state index contributed by atoms with van der Waals surface area (Å²) >= 11 is 0. The highest BCUT2D eigenvalue weighted by Gasteiger charge is 2.25. The zero-order valence-electron chi connectivity index (χ0n) is 12.0. The number of nitro groups is 1. The minimum Gasteiger partial charge on any atom is -0.358 e. The molecule has 6 heteroatoms. The highest BCUT2D eigenvalue weighted by Crippen LogP contribution is 2.31. The molecule has 1 atom stereocenters. The summed E-state index contributed by atoms with van der Waals surface area (Å²) in [6.07, 6.45) is 0. The van der Waals surface area contributed by atoms with Gasteiger partial charge in [0.2, 0.25) is 5.82 Å². The van der Waals surface area contributed by atoms with Crippen molar-refractivity contribution in [3.05, 3.63) is 51.2 Å². The number of benzene rings is 1. The molecule has 0 aliphatic rings. The lowest BCUT2D eigenvalue weighted by molar-refractivity contribution is -0.384. The van der Waals surface area contributed by atoms with E-state index < -0.39 is 4.92 Å². The van der Waals surface area contributed by atoms with Gasteiger partial charge in [0.25, 0.3) is 0 Å². The summed E-state index contributed by atoms with van der Waals surface area (Å²) in [6, 6.07) is 7.94. The van der Waals surface area contributed by atoms with Crippen LogP contribution in [-0.2, 0) is 7.05 Å². The van der Waals surface area contributed by atoms with Crippen molar-refractivity contribution in [3.8, 4) is 0 Å². The van der Waals surface area contributed by atoms with Gasteiger partial charge in [0.05, 0.1) is 11.0 Å². The number of rotatable bonds is 4. The van der Waals surface area contributed by atoms with Gasteiger partial charge in [0, 0.05) is 7.05 Å². The van der Waals surface area contributed by atoms with E-state index in [4.69, 9.17) is 0 Å². The largest absolute Gasteiger partial charge is 0.358 e. The third-order valence-electron chi connectivity index (χ3n) is 3.38. The first-order valence-electron chi connectivity index (χ1n) is 6.42. The number of hydrogen-bond donors (Lipinski definition) is 1. The molecule has 0 saturated carbocycles. The third-order valence-corrected chi connectivity index (χ3v) is 3.38. The standard InChI is InChI=1S/C14H18N4O2/c1-9-7-5-6-8-12(9)10(2)15-14-13(18(19)20)11(3)16-17(14)4/h5-8,10,15H,1-4H3/t10-/m1/s1. The first kappa shape index (κ1) is 14.0. The van der Waals surface area contributed by atoms with Crippen molar-refractivity contribution in [1.82, 2.24) is 9.78 Å². The molecule has 1 aromatic carbocycles. The second-order valence-electron chi connectivity index (χ2n) is 4.89. The lowest BCUT2D eigenvalue weighted by Crippen LogP contribution is -2.12. The molecule has 0 aliphatic heterocycles. The van der Waals surface area contributed by atoms with Crippen molar-refractivity contribution < 1.29 is 4.92 Å². The van der Waals surface area contributed by atoms with Crippen LogP contribution in [0, 0.1) is 24.0 Å². The summed E-state index contributed by atoms with van der Waals surface area (Å²) in [5, 5.41) is 18.5. The van der Waals surface area contributed by atoms with Crippen LogP contribution < -0.4 is 5.32 Å². The fourth-order valence-electron chi connectivity index (χ4n) is 2.38. The van der Waals surface area contributed by atoms with Gasteiger partial charge in [-0.25, -0.2) is 4.68 Å². The Kier molecular flexibility index (Phi) is 3.74. The fourth-order valence-corrected chi connectivity index (χ4v) is 2.38. The van der Waals surface area contributed by atoms with Crippen molar-refractivity contribution in [2.75, 3.05) is 5.32 Å². The van der Waals surface area contributed by atoms with Gasteiger partial charge in [-0.1, -0.05) is 24.3 Å². The number of aromatic nitrogens is 2. The molecule has 0 saturated heterocycles. The van der Waals surface area contributed by atoms with Crippen LogP contribution in [0.15, 0.2) is 24.3 Å². The van der Waals surface area contributed by atoms with E-state index in [1.807, 2.05) is 38.1 Å². The second-order valence-corrected chi connectivity index (χ2v) is 4.89. The smallest absolute Gasteiger partial charge is 0.333 e. The summed E-state index contributed by atoms with van der Waals surface area (Å²) in [7, 11) is 1.70. The van der Waals surface area contributed by atoms with Gasteiger partial charge in [0.15, 0.2) is 0 Å². The molecule has 106 valence electrons. The summed E-state index contributed by atoms with van der Waals surface area (Å²) < 4.78 is 1.52. The molecule has 1 N–H and O–H groups in total. The molecule has 0 unspecified atom stereocenters. The summed E-state index contributed by atoms with van der Waals surface area (Å²) in [6.45, 7) is 5.65. The SMILES string of the molecule is Cc1ccccc1[C@@H](C)Nc1c([N+](=O)[O-])c(C)nn1C. The number of anilines is 1. The normalized spacial score (nSPS) is 12.2. The third kappa shape index (κ3) is 2.49. The van der Waals surface area contributed by atoms with Gasteiger partial charge in [-0.3, -0.25) is 10.1 Å². The van der Waals surface area contributed by atoms with Crippen LogP contribution in [-0.4, -0.2) is 14.7 Å². The van der Waals surface area contributed by atoms with Crippen LogP contribution in [0.2, 0.25) is 0 Å². The molecule has 6 nitrogen and oxygen atoms in total. The second kappa shape index (κ2) is 5.32. The average molecular weight is 274 g/mol. The quantitative estimate of drug-likeness (QED) is 0.686. The van der Waals surface area contributed by atoms with Crippen LogP contribution in [0.3, 0.4) is 0 Å². The monoisotopic (exact) mass is 274 g/mol. The Hall–Kier alpha value is -2.37. The molecule has 0 aliphatic carbocycles. The highest BCUT2D eigenvalue weighted by molar-refractivity contribution is 5.60. The van der Waals surface area contributed by atoms with E-state index in [-0.39, 0.29) is 11.7 Å². The topological polar surface area (TPSA) is 73.0 Å². The van der Waals surface area contributed by atoms with E-state index in [2.05, 4.69) is 10.4 Å². The molecular weight excluding hydrogens is 256 g/mol. The Morgan fingerprint density at radius 1 is 1.35 bits per heavy atom. The van der Waals surface area contributed by atoms with E-state index in [1.54, 1.807) is 14.0 Å². The molecule has 0 fully saturated rings. The zero-order chi connectivity index (χ0) is 14.9. The van der Waals surface area contributed by atoms with Crippen molar-refractivity contribution in [2.45, 2.75) is 26.8 Å². The maximum Gasteiger partial charge on any atom is 0.333 e. The summed E-state index contributed by atoms with van der Waals surface area (Å²) in [5.41, 5.74) is 2.71. The van der Waals surface area contributed by atoms with Gasteiger partial charge < -0.3 is 5.32 Å². The van der Waals surface area contributed by atoms with Crippen LogP contribution >= 0.6 is 0 Å². The van der Waals surface area contributed by atoms with E-state index >= 15 is 0 Å². The van der Waals surface area contributed by atoms with Crippen LogP contribution in [0.4, 0.5) is 11.5 Å². The minimum atomic E-state index is -0.394. The predicted octanol–water partition coefficient (Wildman–Crippen LogP) is 3.12. The fraction of sp³-hybridized carbons (Fsp3) is 0.357. The molecule has 20 heavy (non-hydrogen) atoms. The lowest BCUT2D eigenvalue weighted by Gasteiger charge is -2.17. The Balaban J connectivity index is 2.36. The van der Waals surface area contributed by atoms with Gasteiger partial charge in [-0.15, -0.1) is 0 Å². The lowest BCUT2D eigenvalue weighted by atomic mass is 10.0. The maximum absolute atomic E-state index is 11.2. The Morgan fingerprint density at radius 2 is 2.00 bits per heavy atom. The highest BCUT2D eigenvalue weighted by atomic mass is 16.6. The van der Waals surface area contributed by atoms with Crippen molar-refractivity contribution >= 4 is 11.5 Å². The molecule has 0 bridgehead atoms. The number of aryl methyl sites for hydroxylation is 3. The van der Waals surface area contributed by atoms with Crippen molar-refractivity contribution in [1.29, 1.82) is 0 Å². The molecule has 1 heterocycles. The Labute approximate surface area is 117 Å². The van der Waals surface area contributed by atoms with Crippen molar-refractivity contribution in [3.63, 3.8) is 0 Å². The van der Waals surface area contributed by atoms with Gasteiger partial charge in [0.1, 0.15) is 5.69 Å². The van der Waals surface area contributed by atoms with E-state index in [0.29, 0.717) is 11.5 Å². The first-order valence-corrected chi connectivity index (χ1v) is 6.42. The van der Waals surface area contributed by atoms with E-state index in [1.165, 1.54) is 4.68 Å². The molecule has 0 radical (unpaired) electrons. The summed E-state index contributed by atoms with van der Waals surface area (Å²) in [4.78, 5) is 10.8. The average Bonchev–Trinajstić information content (AvgIpc) is 2.64. The number of nitrogens with zero attached hydrogens (tertiary/aromatic N) is 3. The van der Waals surface area contributed by atoms with Crippen LogP contribution in [0.5, 0.6) is 0 Å². The zero-order valence-corrected chi connectivity index (χ0v) is 12.0. The van der Waals surface area contributed by atoms with Crippen molar-refractivity contribution in [2.24, 2.45) is 7.05 Å². The van der Waals surface area contributed by atoms with Crippen LogP contribution in [0.25, 0.3) is 0 Å². The maximum atomic E-state index is 11.2. The van der Waals surface area contributed by atoms with E-state index in [0.717, 1.165) is 11.1 Å². The minimum absolute atomic E-state index is 0.0351. The molecule has 2 rings (SSSR count). The summed E-state index contributed by atoms with van der Waals surface area (Å²) in [5.74, 6) is 0.434.